The lowest BCUT2D eigenvalue weighted by atomic mass is 10.0. The summed E-state index contributed by atoms with van der Waals surface area (Å²) >= 11 is 1.85. The molecule has 0 atom stereocenters. The summed E-state index contributed by atoms with van der Waals surface area (Å²) in [4.78, 5) is 13.5. The van der Waals surface area contributed by atoms with Crippen molar-refractivity contribution in [1.82, 2.24) is 0 Å². The van der Waals surface area contributed by atoms with E-state index in [1.165, 1.54) is 10.5 Å². The number of benzene rings is 2. The van der Waals surface area contributed by atoms with Crippen LogP contribution >= 0.6 is 11.8 Å². The van der Waals surface area contributed by atoms with E-state index in [2.05, 4.69) is 32.0 Å². The summed E-state index contributed by atoms with van der Waals surface area (Å²) in [7, 11) is 0. The van der Waals surface area contributed by atoms with Gasteiger partial charge in [-0.3, -0.25) is 4.79 Å². The molecule has 0 fully saturated rings. The second-order valence-corrected chi connectivity index (χ2v) is 6.44. The predicted molar refractivity (Wildman–Crippen MR) is 96.6 cm³/mol. The number of carbonyl (C=O) groups is 1. The molecule has 114 valence electrons. The Morgan fingerprint density at radius 1 is 1.09 bits per heavy atom. The van der Waals surface area contributed by atoms with Crippen molar-refractivity contribution in [3.8, 4) is 0 Å². The van der Waals surface area contributed by atoms with Gasteiger partial charge in [0.25, 0.3) is 0 Å². The highest BCUT2D eigenvalue weighted by molar-refractivity contribution is 7.99. The quantitative estimate of drug-likeness (QED) is 0.373. The first kappa shape index (κ1) is 16.6. The van der Waals surface area contributed by atoms with Crippen molar-refractivity contribution in [2.75, 3.05) is 5.75 Å². The molecule has 0 aromatic heterocycles. The first-order chi connectivity index (χ1) is 10.7. The van der Waals surface area contributed by atoms with Gasteiger partial charge in [0.15, 0.2) is 5.78 Å². The van der Waals surface area contributed by atoms with Crippen LogP contribution in [-0.2, 0) is 6.42 Å². The molecule has 0 saturated carbocycles. The molecule has 2 rings (SSSR count). The SMILES string of the molecule is CCCc1cc(SCC)ccc1C=CC(=O)c1ccccc1. The van der Waals surface area contributed by atoms with Crippen LogP contribution in [0.3, 0.4) is 0 Å². The third kappa shape index (κ3) is 4.60. The first-order valence-corrected chi connectivity index (χ1v) is 8.76. The van der Waals surface area contributed by atoms with E-state index >= 15 is 0 Å². The largest absolute Gasteiger partial charge is 0.289 e. The highest BCUT2D eigenvalue weighted by atomic mass is 32.2. The lowest BCUT2D eigenvalue weighted by molar-refractivity contribution is 0.104. The van der Waals surface area contributed by atoms with E-state index in [0.717, 1.165) is 29.7 Å². The van der Waals surface area contributed by atoms with Crippen LogP contribution in [0.4, 0.5) is 0 Å². The molecule has 2 aromatic rings. The molecule has 0 saturated heterocycles. The maximum absolute atomic E-state index is 12.2. The number of rotatable bonds is 7. The topological polar surface area (TPSA) is 17.1 Å². The van der Waals surface area contributed by atoms with Crippen molar-refractivity contribution in [1.29, 1.82) is 0 Å². The fourth-order valence-corrected chi connectivity index (χ4v) is 3.07. The number of thioether (sulfide) groups is 1. The van der Waals surface area contributed by atoms with E-state index in [4.69, 9.17) is 0 Å². The summed E-state index contributed by atoms with van der Waals surface area (Å²) in [5.41, 5.74) is 3.19. The van der Waals surface area contributed by atoms with Gasteiger partial charge in [-0.15, -0.1) is 11.8 Å². The number of aryl methyl sites for hydroxylation is 1. The van der Waals surface area contributed by atoms with Gasteiger partial charge in [-0.2, -0.15) is 0 Å². The Morgan fingerprint density at radius 2 is 1.86 bits per heavy atom. The number of allylic oxidation sites excluding steroid dienone is 1. The Kier molecular flexibility index (Phi) is 6.47. The average molecular weight is 310 g/mol. The Morgan fingerprint density at radius 3 is 2.55 bits per heavy atom. The third-order valence-electron chi connectivity index (χ3n) is 3.42. The first-order valence-electron chi connectivity index (χ1n) is 7.77. The maximum Gasteiger partial charge on any atom is 0.185 e. The van der Waals surface area contributed by atoms with Crippen molar-refractivity contribution in [3.05, 3.63) is 71.3 Å². The fraction of sp³-hybridized carbons (Fsp3) is 0.250. The Balaban J connectivity index is 2.20. The lowest BCUT2D eigenvalue weighted by Gasteiger charge is -2.08. The summed E-state index contributed by atoms with van der Waals surface area (Å²) in [5.74, 6) is 1.13. The maximum atomic E-state index is 12.2. The van der Waals surface area contributed by atoms with Crippen LogP contribution in [0.1, 0.15) is 41.8 Å². The molecule has 2 heteroatoms. The molecule has 0 radical (unpaired) electrons. The van der Waals surface area contributed by atoms with Crippen LogP contribution in [0.2, 0.25) is 0 Å². The minimum Gasteiger partial charge on any atom is -0.289 e. The van der Waals surface area contributed by atoms with Crippen molar-refractivity contribution in [2.45, 2.75) is 31.6 Å². The molecule has 0 aliphatic heterocycles. The van der Waals surface area contributed by atoms with Crippen LogP contribution in [0, 0.1) is 0 Å². The Bertz CT molecular complexity index is 644. The minimum absolute atomic E-state index is 0.0510. The second kappa shape index (κ2) is 8.60. The van der Waals surface area contributed by atoms with Gasteiger partial charge in [-0.05, 0) is 41.5 Å². The van der Waals surface area contributed by atoms with Crippen LogP contribution in [-0.4, -0.2) is 11.5 Å². The van der Waals surface area contributed by atoms with Gasteiger partial charge >= 0.3 is 0 Å². The monoisotopic (exact) mass is 310 g/mol. The van der Waals surface area contributed by atoms with Gasteiger partial charge in [-0.25, -0.2) is 0 Å². The molecule has 0 unspecified atom stereocenters. The van der Waals surface area contributed by atoms with Gasteiger partial charge in [0.2, 0.25) is 0 Å². The minimum atomic E-state index is 0.0510. The van der Waals surface area contributed by atoms with E-state index in [0.29, 0.717) is 0 Å². The molecule has 0 bridgehead atoms. The second-order valence-electron chi connectivity index (χ2n) is 5.11. The highest BCUT2D eigenvalue weighted by Gasteiger charge is 2.04. The number of ketones is 1. The van der Waals surface area contributed by atoms with Gasteiger partial charge in [0.1, 0.15) is 0 Å². The molecular weight excluding hydrogens is 288 g/mol. The van der Waals surface area contributed by atoms with E-state index in [1.54, 1.807) is 6.08 Å². The Hall–Kier alpha value is -1.80. The molecule has 2 aromatic carbocycles. The molecule has 0 N–H and O–H groups in total. The van der Waals surface area contributed by atoms with Crippen LogP contribution < -0.4 is 0 Å². The third-order valence-corrected chi connectivity index (χ3v) is 4.29. The van der Waals surface area contributed by atoms with Crippen LogP contribution in [0.15, 0.2) is 59.5 Å². The summed E-state index contributed by atoms with van der Waals surface area (Å²) in [6.45, 7) is 4.35. The predicted octanol–water partition coefficient (Wildman–Crippen LogP) is 5.65. The Labute approximate surface area is 137 Å². The summed E-state index contributed by atoms with van der Waals surface area (Å²) in [5, 5.41) is 0. The molecule has 0 aliphatic carbocycles. The van der Waals surface area contributed by atoms with Crippen molar-refractivity contribution in [3.63, 3.8) is 0 Å². The molecule has 0 spiro atoms. The number of hydrogen-bond acceptors (Lipinski definition) is 2. The molecule has 22 heavy (non-hydrogen) atoms. The molecule has 0 amide bonds. The number of carbonyl (C=O) groups excluding carboxylic acids is 1. The van der Waals surface area contributed by atoms with Crippen LogP contribution in [0.5, 0.6) is 0 Å². The van der Waals surface area contributed by atoms with Gasteiger partial charge in [-0.1, -0.05) is 62.7 Å². The molecular formula is C20H22OS. The van der Waals surface area contributed by atoms with Crippen molar-refractivity contribution < 1.29 is 4.79 Å². The average Bonchev–Trinajstić information content (AvgIpc) is 2.55. The van der Waals surface area contributed by atoms with E-state index in [-0.39, 0.29) is 5.78 Å². The summed E-state index contributed by atoms with van der Waals surface area (Å²) < 4.78 is 0. The van der Waals surface area contributed by atoms with Crippen molar-refractivity contribution >= 4 is 23.6 Å². The van der Waals surface area contributed by atoms with Gasteiger partial charge in [0.05, 0.1) is 0 Å². The van der Waals surface area contributed by atoms with Crippen LogP contribution in [0.25, 0.3) is 6.08 Å². The van der Waals surface area contributed by atoms with E-state index in [9.17, 15) is 4.79 Å². The molecule has 0 heterocycles. The fourth-order valence-electron chi connectivity index (χ4n) is 2.35. The zero-order valence-electron chi connectivity index (χ0n) is 13.2. The molecule has 1 nitrogen and oxygen atoms in total. The summed E-state index contributed by atoms with van der Waals surface area (Å²) in [6.07, 6.45) is 5.77. The van der Waals surface area contributed by atoms with E-state index in [1.807, 2.05) is 48.2 Å². The van der Waals surface area contributed by atoms with Gasteiger partial charge < -0.3 is 0 Å². The normalized spacial score (nSPS) is 11.0. The standard InChI is InChI=1S/C20H22OS/c1-3-8-18-15-19(22-4-2)13-11-16(18)12-14-20(21)17-9-6-5-7-10-17/h5-7,9-15H,3-4,8H2,1-2H3. The highest BCUT2D eigenvalue weighted by Crippen LogP contribution is 2.23. The zero-order chi connectivity index (χ0) is 15.8. The summed E-state index contributed by atoms with van der Waals surface area (Å²) in [6, 6.07) is 15.9. The zero-order valence-corrected chi connectivity index (χ0v) is 14.0. The number of hydrogen-bond donors (Lipinski definition) is 0. The smallest absolute Gasteiger partial charge is 0.185 e. The lowest BCUT2D eigenvalue weighted by Crippen LogP contribution is -1.94. The van der Waals surface area contributed by atoms with Gasteiger partial charge in [0, 0.05) is 10.5 Å². The molecule has 0 aliphatic rings. The van der Waals surface area contributed by atoms with Crippen molar-refractivity contribution in [2.24, 2.45) is 0 Å². The van der Waals surface area contributed by atoms with E-state index < -0.39 is 0 Å².